The van der Waals surface area contributed by atoms with Crippen LogP contribution in [0.15, 0.2) is 0 Å². The zero-order valence-electron chi connectivity index (χ0n) is 8.75. The van der Waals surface area contributed by atoms with E-state index in [4.69, 9.17) is 15.2 Å². The molecule has 1 amide bonds. The lowest BCUT2D eigenvalue weighted by atomic mass is 10.4. The van der Waals surface area contributed by atoms with E-state index in [0.717, 1.165) is 0 Å². The van der Waals surface area contributed by atoms with Gasteiger partial charge in [0.25, 0.3) is 0 Å². The minimum absolute atomic E-state index is 0.0235. The average molecular weight is 204 g/mol. The summed E-state index contributed by atoms with van der Waals surface area (Å²) in [4.78, 5) is 10.9. The van der Waals surface area contributed by atoms with Gasteiger partial charge in [-0.25, -0.2) is 0 Å². The third kappa shape index (κ3) is 9.44. The van der Waals surface area contributed by atoms with Crippen LogP contribution in [0.3, 0.4) is 0 Å². The van der Waals surface area contributed by atoms with Crippen molar-refractivity contribution in [2.24, 2.45) is 5.73 Å². The average Bonchev–Trinajstić information content (AvgIpc) is 2.17. The molecule has 0 saturated heterocycles. The summed E-state index contributed by atoms with van der Waals surface area (Å²) in [6.07, 6.45) is 0.407. The van der Waals surface area contributed by atoms with E-state index in [-0.39, 0.29) is 5.91 Å². The largest absolute Gasteiger partial charge is 0.379 e. The first-order valence-corrected chi connectivity index (χ1v) is 4.93. The Morgan fingerprint density at radius 1 is 1.21 bits per heavy atom. The summed E-state index contributed by atoms with van der Waals surface area (Å²) < 4.78 is 10.3. The fourth-order valence-electron chi connectivity index (χ4n) is 0.856. The number of hydrogen-bond donors (Lipinski definition) is 2. The summed E-state index contributed by atoms with van der Waals surface area (Å²) in [6, 6.07) is 0. The van der Waals surface area contributed by atoms with Crippen molar-refractivity contribution in [1.82, 2.24) is 5.32 Å². The molecule has 14 heavy (non-hydrogen) atoms. The van der Waals surface area contributed by atoms with E-state index in [0.29, 0.717) is 45.9 Å². The van der Waals surface area contributed by atoms with Crippen molar-refractivity contribution in [3.63, 3.8) is 0 Å². The molecule has 0 aliphatic carbocycles. The summed E-state index contributed by atoms with van der Waals surface area (Å²) in [5, 5.41) is 2.69. The van der Waals surface area contributed by atoms with Crippen molar-refractivity contribution in [2.45, 2.75) is 13.3 Å². The van der Waals surface area contributed by atoms with Crippen LogP contribution in [0.4, 0.5) is 0 Å². The van der Waals surface area contributed by atoms with Crippen molar-refractivity contribution in [3.8, 4) is 0 Å². The highest BCUT2D eigenvalue weighted by Crippen LogP contribution is 1.84. The van der Waals surface area contributed by atoms with Crippen LogP contribution in [-0.2, 0) is 14.3 Å². The standard InChI is InChI=1S/C9H20N2O3/c1-2-11-9(12)3-5-13-7-8-14-6-4-10/h2-8,10H2,1H3,(H,11,12). The number of nitrogens with two attached hydrogens (primary N) is 1. The lowest BCUT2D eigenvalue weighted by Gasteiger charge is -2.04. The van der Waals surface area contributed by atoms with Gasteiger partial charge < -0.3 is 20.5 Å². The van der Waals surface area contributed by atoms with Crippen molar-refractivity contribution in [2.75, 3.05) is 39.5 Å². The maximum Gasteiger partial charge on any atom is 0.222 e. The second-order valence-corrected chi connectivity index (χ2v) is 2.72. The molecule has 5 heteroatoms. The summed E-state index contributed by atoms with van der Waals surface area (Å²) >= 11 is 0. The van der Waals surface area contributed by atoms with Crippen molar-refractivity contribution < 1.29 is 14.3 Å². The summed E-state index contributed by atoms with van der Waals surface area (Å²) in [7, 11) is 0. The number of amides is 1. The Kier molecular flexibility index (Phi) is 9.95. The lowest BCUT2D eigenvalue weighted by molar-refractivity contribution is -0.122. The molecule has 0 saturated carbocycles. The number of hydrogen-bond acceptors (Lipinski definition) is 4. The van der Waals surface area contributed by atoms with E-state index in [1.54, 1.807) is 0 Å². The van der Waals surface area contributed by atoms with Crippen LogP contribution in [0.25, 0.3) is 0 Å². The van der Waals surface area contributed by atoms with Gasteiger partial charge in [0.1, 0.15) is 0 Å². The molecule has 5 nitrogen and oxygen atoms in total. The first kappa shape index (κ1) is 13.4. The normalized spacial score (nSPS) is 10.1. The monoisotopic (exact) mass is 204 g/mol. The van der Waals surface area contributed by atoms with E-state index in [9.17, 15) is 4.79 Å². The summed E-state index contributed by atoms with van der Waals surface area (Å²) in [5.41, 5.74) is 5.22. The maximum atomic E-state index is 10.9. The lowest BCUT2D eigenvalue weighted by Crippen LogP contribution is -2.24. The van der Waals surface area contributed by atoms with Gasteiger partial charge in [0.15, 0.2) is 0 Å². The van der Waals surface area contributed by atoms with Gasteiger partial charge in [-0.05, 0) is 6.92 Å². The van der Waals surface area contributed by atoms with Crippen LogP contribution >= 0.6 is 0 Å². The van der Waals surface area contributed by atoms with Crippen LogP contribution in [0.5, 0.6) is 0 Å². The SMILES string of the molecule is CCNC(=O)CCOCCOCCN. The number of nitrogens with one attached hydrogen (secondary N) is 1. The highest BCUT2D eigenvalue weighted by atomic mass is 16.5. The second kappa shape index (κ2) is 10.4. The Bertz CT molecular complexity index is 142. The predicted octanol–water partition coefficient (Wildman–Crippen LogP) is -0.495. The van der Waals surface area contributed by atoms with Crippen molar-refractivity contribution >= 4 is 5.91 Å². The molecule has 0 aliphatic heterocycles. The van der Waals surface area contributed by atoms with Crippen molar-refractivity contribution in [1.29, 1.82) is 0 Å². The number of ether oxygens (including phenoxy) is 2. The van der Waals surface area contributed by atoms with Crippen LogP contribution in [0.1, 0.15) is 13.3 Å². The molecule has 0 fully saturated rings. The Balaban J connectivity index is 3.01. The highest BCUT2D eigenvalue weighted by Gasteiger charge is 1.98. The molecule has 0 bridgehead atoms. The van der Waals surface area contributed by atoms with Crippen molar-refractivity contribution in [3.05, 3.63) is 0 Å². The molecule has 0 aromatic rings. The zero-order chi connectivity index (χ0) is 10.6. The van der Waals surface area contributed by atoms with Gasteiger partial charge >= 0.3 is 0 Å². The molecule has 0 spiro atoms. The molecule has 84 valence electrons. The number of carbonyl (C=O) groups excluding carboxylic acids is 1. The maximum absolute atomic E-state index is 10.9. The fourth-order valence-corrected chi connectivity index (χ4v) is 0.856. The quantitative estimate of drug-likeness (QED) is 0.497. The molecule has 0 unspecified atom stereocenters. The van der Waals surface area contributed by atoms with Gasteiger partial charge in [0.2, 0.25) is 5.91 Å². The Hall–Kier alpha value is -0.650. The molecule has 0 aromatic heterocycles. The zero-order valence-corrected chi connectivity index (χ0v) is 8.75. The molecule has 0 rings (SSSR count). The van der Waals surface area contributed by atoms with Crippen LogP contribution in [0.2, 0.25) is 0 Å². The molecule has 0 atom stereocenters. The fraction of sp³-hybridized carbons (Fsp3) is 0.889. The highest BCUT2D eigenvalue weighted by molar-refractivity contribution is 5.75. The van der Waals surface area contributed by atoms with Crippen LogP contribution in [0, 0.1) is 0 Å². The second-order valence-electron chi connectivity index (χ2n) is 2.72. The van der Waals surface area contributed by atoms with Crippen LogP contribution in [-0.4, -0.2) is 45.4 Å². The van der Waals surface area contributed by atoms with Gasteiger partial charge in [-0.3, -0.25) is 4.79 Å². The van der Waals surface area contributed by atoms with Gasteiger partial charge in [0.05, 0.1) is 26.4 Å². The third-order valence-electron chi connectivity index (χ3n) is 1.48. The minimum atomic E-state index is 0.0235. The van der Waals surface area contributed by atoms with Gasteiger partial charge in [-0.1, -0.05) is 0 Å². The van der Waals surface area contributed by atoms with Gasteiger partial charge in [-0.15, -0.1) is 0 Å². The van der Waals surface area contributed by atoms with E-state index in [1.165, 1.54) is 0 Å². The number of rotatable bonds is 9. The molecular formula is C9H20N2O3. The third-order valence-corrected chi connectivity index (χ3v) is 1.48. The van der Waals surface area contributed by atoms with Gasteiger partial charge in [0, 0.05) is 19.5 Å². The van der Waals surface area contributed by atoms with E-state index in [2.05, 4.69) is 5.32 Å². The molecule has 3 N–H and O–H groups in total. The van der Waals surface area contributed by atoms with E-state index >= 15 is 0 Å². The Morgan fingerprint density at radius 2 is 1.86 bits per heavy atom. The number of carbonyl (C=O) groups is 1. The smallest absolute Gasteiger partial charge is 0.222 e. The molecular weight excluding hydrogens is 184 g/mol. The Morgan fingerprint density at radius 3 is 2.43 bits per heavy atom. The molecule has 0 heterocycles. The summed E-state index contributed by atoms with van der Waals surface area (Å²) in [6.45, 7) is 5.13. The van der Waals surface area contributed by atoms with Gasteiger partial charge in [-0.2, -0.15) is 0 Å². The first-order chi connectivity index (χ1) is 6.81. The van der Waals surface area contributed by atoms with E-state index in [1.807, 2.05) is 6.92 Å². The first-order valence-electron chi connectivity index (χ1n) is 4.93. The molecule has 0 aromatic carbocycles. The van der Waals surface area contributed by atoms with E-state index < -0.39 is 0 Å². The molecule has 0 aliphatic rings. The topological polar surface area (TPSA) is 73.6 Å². The molecule has 0 radical (unpaired) electrons. The Labute approximate surface area is 84.9 Å². The van der Waals surface area contributed by atoms with Crippen LogP contribution < -0.4 is 11.1 Å². The summed E-state index contributed by atoms with van der Waals surface area (Å²) in [5.74, 6) is 0.0235. The minimum Gasteiger partial charge on any atom is -0.379 e. The predicted molar refractivity (Wildman–Crippen MR) is 54.0 cm³/mol.